The lowest BCUT2D eigenvalue weighted by atomic mass is 9.61. The lowest BCUT2D eigenvalue weighted by Gasteiger charge is -2.42. The van der Waals surface area contributed by atoms with Crippen molar-refractivity contribution in [3.63, 3.8) is 0 Å². The van der Waals surface area contributed by atoms with Gasteiger partial charge in [-0.1, -0.05) is 42.5 Å². The van der Waals surface area contributed by atoms with Gasteiger partial charge in [0.15, 0.2) is 5.78 Å². The van der Waals surface area contributed by atoms with Crippen LogP contribution in [0.4, 0.5) is 11.5 Å². The zero-order valence-corrected chi connectivity index (χ0v) is 24.3. The summed E-state index contributed by atoms with van der Waals surface area (Å²) in [5.41, 5.74) is 4.81. The van der Waals surface area contributed by atoms with E-state index in [4.69, 9.17) is 9.47 Å². The van der Waals surface area contributed by atoms with Crippen molar-refractivity contribution in [1.29, 1.82) is 0 Å². The van der Waals surface area contributed by atoms with Gasteiger partial charge in [-0.05, 0) is 49.6 Å². The van der Waals surface area contributed by atoms with E-state index in [0.717, 1.165) is 11.3 Å². The van der Waals surface area contributed by atoms with Crippen molar-refractivity contribution in [2.24, 2.45) is 18.9 Å². The van der Waals surface area contributed by atoms with Crippen molar-refractivity contribution in [3.8, 4) is 0 Å². The highest BCUT2D eigenvalue weighted by Gasteiger charge is 2.55. The average molecular weight is 557 g/mol. The predicted molar refractivity (Wildman–Crippen MR) is 156 cm³/mol. The first-order chi connectivity index (χ1) is 19.7. The van der Waals surface area contributed by atoms with E-state index in [2.05, 4.69) is 10.4 Å². The highest BCUT2D eigenvalue weighted by molar-refractivity contribution is 6.19. The Kier molecular flexibility index (Phi) is 7.71. The summed E-state index contributed by atoms with van der Waals surface area (Å²) in [6.07, 6.45) is 0. The van der Waals surface area contributed by atoms with Gasteiger partial charge in [0.05, 0.1) is 30.9 Å². The van der Waals surface area contributed by atoms with Crippen LogP contribution in [0.15, 0.2) is 60.2 Å². The van der Waals surface area contributed by atoms with Crippen LogP contribution in [0.2, 0.25) is 0 Å². The average Bonchev–Trinajstić information content (AvgIpc) is 3.25. The number of ketones is 1. The molecule has 5 rings (SSSR count). The number of ether oxygens (including phenoxy) is 2. The van der Waals surface area contributed by atoms with Gasteiger partial charge in [0, 0.05) is 43.9 Å². The fourth-order valence-corrected chi connectivity index (χ4v) is 6.20. The third-order valence-electron chi connectivity index (χ3n) is 7.94. The van der Waals surface area contributed by atoms with Crippen molar-refractivity contribution < 1.29 is 23.9 Å². The molecule has 0 radical (unpaired) electrons. The first-order valence-corrected chi connectivity index (χ1v) is 13.9. The third kappa shape index (κ3) is 4.79. The topological polar surface area (TPSA) is 103 Å². The first kappa shape index (κ1) is 28.1. The van der Waals surface area contributed by atoms with Gasteiger partial charge < -0.3 is 19.7 Å². The molecule has 0 unspecified atom stereocenters. The van der Waals surface area contributed by atoms with E-state index in [1.165, 1.54) is 0 Å². The minimum atomic E-state index is -1.23. The van der Waals surface area contributed by atoms with Crippen LogP contribution in [0.3, 0.4) is 0 Å². The maximum absolute atomic E-state index is 14.7. The van der Waals surface area contributed by atoms with E-state index in [0.29, 0.717) is 33.8 Å². The number of benzene rings is 2. The summed E-state index contributed by atoms with van der Waals surface area (Å²) in [5.74, 6) is -3.79. The van der Waals surface area contributed by atoms with E-state index in [1.807, 2.05) is 87.6 Å². The second kappa shape index (κ2) is 11.2. The zero-order chi connectivity index (χ0) is 29.4. The van der Waals surface area contributed by atoms with Gasteiger partial charge in [0.1, 0.15) is 11.7 Å². The standard InChI is InChI=1S/C32H36N4O5/c1-7-40-31(38)25-23(19-12-10-9-11-13-19)27(32(39)41-8-2)29(37)26-24(25)22-18(3)34-36(6)30(22)33-28(26)20-14-16-21(17-15-20)35(4)5/h9-17,23,25,27-28,33H,7-8H2,1-6H3/t23-,25+,27-,28+/m0/s1. The minimum absolute atomic E-state index is 0.111. The summed E-state index contributed by atoms with van der Waals surface area (Å²) < 4.78 is 12.9. The normalized spacial score (nSPS) is 21.5. The molecule has 2 heterocycles. The summed E-state index contributed by atoms with van der Waals surface area (Å²) in [6.45, 7) is 5.58. The predicted octanol–water partition coefficient (Wildman–Crippen LogP) is 4.44. The molecule has 0 bridgehead atoms. The molecular formula is C32H36N4O5. The molecule has 0 spiro atoms. The molecule has 4 atom stereocenters. The van der Waals surface area contributed by atoms with Crippen molar-refractivity contribution in [2.75, 3.05) is 37.5 Å². The smallest absolute Gasteiger partial charge is 0.317 e. The number of Topliss-reactive ketones (excluding diaryl/α,β-unsaturated/α-hetero) is 1. The molecule has 0 saturated carbocycles. The van der Waals surface area contributed by atoms with Crippen LogP contribution >= 0.6 is 0 Å². The van der Waals surface area contributed by atoms with Crippen LogP contribution in [0.1, 0.15) is 48.2 Å². The second-order valence-electron chi connectivity index (χ2n) is 10.6. The molecule has 214 valence electrons. The van der Waals surface area contributed by atoms with E-state index in [1.54, 1.807) is 18.5 Å². The highest BCUT2D eigenvalue weighted by atomic mass is 16.5. The van der Waals surface area contributed by atoms with Crippen LogP contribution in [0.25, 0.3) is 5.57 Å². The van der Waals surface area contributed by atoms with Crippen molar-refractivity contribution in [1.82, 2.24) is 9.78 Å². The maximum Gasteiger partial charge on any atom is 0.317 e. The number of carbonyl (C=O) groups is 3. The van der Waals surface area contributed by atoms with E-state index < -0.39 is 35.7 Å². The number of aromatic nitrogens is 2. The number of nitrogens with one attached hydrogen (secondary N) is 1. The Hall–Kier alpha value is -4.40. The molecule has 41 heavy (non-hydrogen) atoms. The Labute approximate surface area is 240 Å². The van der Waals surface area contributed by atoms with Gasteiger partial charge >= 0.3 is 11.9 Å². The van der Waals surface area contributed by atoms with Crippen molar-refractivity contribution >= 4 is 34.8 Å². The number of nitrogens with zero attached hydrogens (tertiary/aromatic N) is 3. The molecule has 0 fully saturated rings. The number of aryl methyl sites for hydroxylation is 2. The van der Waals surface area contributed by atoms with E-state index in [-0.39, 0.29) is 19.0 Å². The Bertz CT molecular complexity index is 1510. The summed E-state index contributed by atoms with van der Waals surface area (Å²) in [6, 6.07) is 16.5. The molecule has 3 aromatic rings. The Morgan fingerprint density at radius 3 is 2.10 bits per heavy atom. The van der Waals surface area contributed by atoms with Crippen molar-refractivity contribution in [3.05, 3.63) is 82.6 Å². The second-order valence-corrected chi connectivity index (χ2v) is 10.6. The van der Waals surface area contributed by atoms with Crippen LogP contribution in [-0.2, 0) is 30.9 Å². The number of hydrogen-bond acceptors (Lipinski definition) is 8. The number of rotatable bonds is 7. The van der Waals surface area contributed by atoms with Crippen LogP contribution in [0.5, 0.6) is 0 Å². The molecule has 0 amide bonds. The molecular weight excluding hydrogens is 520 g/mol. The molecule has 1 N–H and O–H groups in total. The molecule has 1 aliphatic carbocycles. The number of anilines is 2. The number of carbonyl (C=O) groups excluding carboxylic acids is 3. The molecule has 9 heteroatoms. The molecule has 2 aromatic carbocycles. The summed E-state index contributed by atoms with van der Waals surface area (Å²) >= 11 is 0. The lowest BCUT2D eigenvalue weighted by Crippen LogP contribution is -2.46. The van der Waals surface area contributed by atoms with E-state index >= 15 is 0 Å². The number of fused-ring (bicyclic) bond motifs is 2. The van der Waals surface area contributed by atoms with Gasteiger partial charge in [0.25, 0.3) is 0 Å². The molecule has 1 aliphatic heterocycles. The van der Waals surface area contributed by atoms with E-state index in [9.17, 15) is 14.4 Å². The number of esters is 2. The first-order valence-electron chi connectivity index (χ1n) is 13.9. The SMILES string of the molecule is CCOC(=O)[C@@H]1C(=O)C2=C(c3c(C)nn(C)c3N[C@@H]2c2ccc(N(C)C)cc2)[C@H](C(=O)OCC)[C@@H]1c1ccccc1. The number of hydrogen-bond donors (Lipinski definition) is 1. The molecule has 9 nitrogen and oxygen atoms in total. The van der Waals surface area contributed by atoms with Gasteiger partial charge in [-0.15, -0.1) is 0 Å². The van der Waals surface area contributed by atoms with Gasteiger partial charge in [0.2, 0.25) is 0 Å². The van der Waals surface area contributed by atoms with Gasteiger partial charge in [-0.2, -0.15) is 5.10 Å². The zero-order valence-electron chi connectivity index (χ0n) is 24.3. The van der Waals surface area contributed by atoms with Crippen LogP contribution in [0, 0.1) is 18.8 Å². The molecule has 2 aliphatic rings. The summed E-state index contributed by atoms with van der Waals surface area (Å²) in [7, 11) is 5.75. The monoisotopic (exact) mass is 556 g/mol. The fraction of sp³-hybridized carbons (Fsp3) is 0.375. The van der Waals surface area contributed by atoms with Crippen LogP contribution in [-0.4, -0.2) is 54.8 Å². The maximum atomic E-state index is 14.7. The molecule has 1 aromatic heterocycles. The van der Waals surface area contributed by atoms with Gasteiger partial charge in [-0.25, -0.2) is 0 Å². The summed E-state index contributed by atoms with van der Waals surface area (Å²) in [5, 5.41) is 8.18. The Morgan fingerprint density at radius 1 is 0.902 bits per heavy atom. The lowest BCUT2D eigenvalue weighted by molar-refractivity contribution is -0.154. The Balaban J connectivity index is 1.83. The van der Waals surface area contributed by atoms with Crippen LogP contribution < -0.4 is 10.2 Å². The minimum Gasteiger partial charge on any atom is -0.466 e. The fourth-order valence-electron chi connectivity index (χ4n) is 6.20. The molecule has 0 saturated heterocycles. The highest BCUT2D eigenvalue weighted by Crippen LogP contribution is 2.55. The quantitative estimate of drug-likeness (QED) is 0.337. The van der Waals surface area contributed by atoms with Crippen molar-refractivity contribution in [2.45, 2.75) is 32.7 Å². The summed E-state index contributed by atoms with van der Waals surface area (Å²) in [4.78, 5) is 44.3. The third-order valence-corrected chi connectivity index (χ3v) is 7.94. The van der Waals surface area contributed by atoms with Gasteiger partial charge in [-0.3, -0.25) is 19.1 Å². The Morgan fingerprint density at radius 2 is 1.51 bits per heavy atom. The largest absolute Gasteiger partial charge is 0.466 e.